The van der Waals surface area contributed by atoms with Crippen LogP contribution in [0.3, 0.4) is 0 Å². The standard InChI is InChI=1S/C20H22N2O2/c1-14-6-5-7-15(2)19(14)21-20(24)16-9-11-17(12-10-16)22-13-4-3-8-18(22)23/h5-7,9-12H,3-4,8,13H2,1-2H3,(H,21,24). The SMILES string of the molecule is Cc1cccc(C)c1NC(=O)c1ccc(N2CCCCC2=O)cc1. The largest absolute Gasteiger partial charge is 0.322 e. The van der Waals surface area contributed by atoms with Gasteiger partial charge in [0.15, 0.2) is 0 Å². The van der Waals surface area contributed by atoms with Crippen molar-refractivity contribution in [2.45, 2.75) is 33.1 Å². The molecule has 4 nitrogen and oxygen atoms in total. The summed E-state index contributed by atoms with van der Waals surface area (Å²) in [4.78, 5) is 26.3. The number of nitrogens with one attached hydrogen (secondary N) is 1. The van der Waals surface area contributed by atoms with Crippen molar-refractivity contribution in [2.75, 3.05) is 16.8 Å². The van der Waals surface area contributed by atoms with E-state index in [1.807, 2.05) is 44.2 Å². The van der Waals surface area contributed by atoms with Crippen molar-refractivity contribution in [1.82, 2.24) is 0 Å². The zero-order valence-corrected chi connectivity index (χ0v) is 14.1. The van der Waals surface area contributed by atoms with Gasteiger partial charge in [0.05, 0.1) is 0 Å². The van der Waals surface area contributed by atoms with Crippen LogP contribution in [0, 0.1) is 13.8 Å². The van der Waals surface area contributed by atoms with Crippen LogP contribution in [-0.4, -0.2) is 18.4 Å². The zero-order valence-electron chi connectivity index (χ0n) is 14.1. The number of nitrogens with zero attached hydrogens (tertiary/aromatic N) is 1. The van der Waals surface area contributed by atoms with Crippen LogP contribution in [0.4, 0.5) is 11.4 Å². The minimum Gasteiger partial charge on any atom is -0.322 e. The van der Waals surface area contributed by atoms with Gasteiger partial charge in [-0.25, -0.2) is 0 Å². The van der Waals surface area contributed by atoms with Crippen molar-refractivity contribution in [3.8, 4) is 0 Å². The monoisotopic (exact) mass is 322 g/mol. The maximum Gasteiger partial charge on any atom is 0.255 e. The number of rotatable bonds is 3. The molecule has 3 rings (SSSR count). The van der Waals surface area contributed by atoms with Gasteiger partial charge in [0.25, 0.3) is 5.91 Å². The fourth-order valence-corrected chi connectivity index (χ4v) is 3.07. The van der Waals surface area contributed by atoms with Crippen molar-refractivity contribution in [3.63, 3.8) is 0 Å². The van der Waals surface area contributed by atoms with E-state index in [1.54, 1.807) is 17.0 Å². The number of carbonyl (C=O) groups excluding carboxylic acids is 2. The number of benzene rings is 2. The van der Waals surface area contributed by atoms with E-state index in [0.29, 0.717) is 12.0 Å². The summed E-state index contributed by atoms with van der Waals surface area (Å²) in [6, 6.07) is 13.2. The number of hydrogen-bond donors (Lipinski definition) is 1. The molecule has 2 aromatic carbocycles. The number of aryl methyl sites for hydroxylation is 2. The quantitative estimate of drug-likeness (QED) is 0.926. The maximum absolute atomic E-state index is 12.5. The molecule has 0 radical (unpaired) electrons. The molecule has 1 aliphatic rings. The van der Waals surface area contributed by atoms with E-state index in [0.717, 1.165) is 41.9 Å². The van der Waals surface area contributed by atoms with Crippen LogP contribution in [0.25, 0.3) is 0 Å². The fraction of sp³-hybridized carbons (Fsp3) is 0.300. The minimum absolute atomic E-state index is 0.135. The summed E-state index contributed by atoms with van der Waals surface area (Å²) in [6.07, 6.45) is 2.60. The van der Waals surface area contributed by atoms with Gasteiger partial charge in [-0.05, 0) is 62.1 Å². The topological polar surface area (TPSA) is 49.4 Å². The lowest BCUT2D eigenvalue weighted by Gasteiger charge is -2.26. The molecule has 1 fully saturated rings. The number of piperidine rings is 1. The summed E-state index contributed by atoms with van der Waals surface area (Å²) >= 11 is 0. The molecule has 0 atom stereocenters. The third-order valence-corrected chi connectivity index (χ3v) is 4.48. The van der Waals surface area contributed by atoms with Gasteiger partial charge in [-0.15, -0.1) is 0 Å². The summed E-state index contributed by atoms with van der Waals surface area (Å²) in [5.41, 5.74) is 4.39. The highest BCUT2D eigenvalue weighted by Crippen LogP contribution is 2.23. The Morgan fingerprint density at radius 3 is 2.29 bits per heavy atom. The van der Waals surface area contributed by atoms with Crippen LogP contribution < -0.4 is 10.2 Å². The highest BCUT2D eigenvalue weighted by molar-refractivity contribution is 6.05. The lowest BCUT2D eigenvalue weighted by molar-refractivity contribution is -0.119. The van der Waals surface area contributed by atoms with Crippen molar-refractivity contribution >= 4 is 23.2 Å². The Kier molecular flexibility index (Phi) is 4.65. The third-order valence-electron chi connectivity index (χ3n) is 4.48. The second kappa shape index (κ2) is 6.87. The van der Waals surface area contributed by atoms with E-state index in [-0.39, 0.29) is 11.8 Å². The first-order chi connectivity index (χ1) is 11.6. The van der Waals surface area contributed by atoms with Gasteiger partial charge in [0.1, 0.15) is 0 Å². The van der Waals surface area contributed by atoms with Crippen molar-refractivity contribution in [2.24, 2.45) is 0 Å². The molecule has 2 aromatic rings. The zero-order chi connectivity index (χ0) is 17.1. The molecule has 24 heavy (non-hydrogen) atoms. The van der Waals surface area contributed by atoms with Crippen molar-refractivity contribution < 1.29 is 9.59 Å². The Balaban J connectivity index is 1.75. The normalized spacial score (nSPS) is 14.6. The summed E-state index contributed by atoms with van der Waals surface area (Å²) in [7, 11) is 0. The summed E-state index contributed by atoms with van der Waals surface area (Å²) in [6.45, 7) is 4.72. The van der Waals surface area contributed by atoms with E-state index < -0.39 is 0 Å². The first-order valence-electron chi connectivity index (χ1n) is 8.34. The molecule has 124 valence electrons. The number of anilines is 2. The van der Waals surface area contributed by atoms with Gasteiger partial charge >= 0.3 is 0 Å². The molecular formula is C20H22N2O2. The Hall–Kier alpha value is -2.62. The van der Waals surface area contributed by atoms with Gasteiger partial charge in [0, 0.05) is 29.9 Å². The van der Waals surface area contributed by atoms with Crippen molar-refractivity contribution in [3.05, 3.63) is 59.2 Å². The molecule has 4 heteroatoms. The molecule has 1 aliphatic heterocycles. The Bertz CT molecular complexity index is 745. The van der Waals surface area contributed by atoms with Gasteiger partial charge in [-0.1, -0.05) is 18.2 Å². The number of para-hydroxylation sites is 1. The van der Waals surface area contributed by atoms with E-state index >= 15 is 0 Å². The van der Waals surface area contributed by atoms with Crippen molar-refractivity contribution in [1.29, 1.82) is 0 Å². The Labute approximate surface area is 142 Å². The minimum atomic E-state index is -0.135. The molecule has 0 unspecified atom stereocenters. The predicted octanol–water partition coefficient (Wildman–Crippen LogP) is 4.07. The highest BCUT2D eigenvalue weighted by Gasteiger charge is 2.19. The second-order valence-electron chi connectivity index (χ2n) is 6.27. The number of amides is 2. The molecule has 0 saturated carbocycles. The molecule has 1 heterocycles. The highest BCUT2D eigenvalue weighted by atomic mass is 16.2. The summed E-state index contributed by atoms with van der Waals surface area (Å²) < 4.78 is 0. The van der Waals surface area contributed by atoms with E-state index in [1.165, 1.54) is 0 Å². The van der Waals surface area contributed by atoms with E-state index in [9.17, 15) is 9.59 Å². The molecule has 2 amide bonds. The Morgan fingerprint density at radius 2 is 1.67 bits per heavy atom. The summed E-state index contributed by atoms with van der Waals surface area (Å²) in [5.74, 6) is 0.0258. The van der Waals surface area contributed by atoms with Crippen LogP contribution in [0.1, 0.15) is 40.7 Å². The third kappa shape index (κ3) is 3.32. The molecule has 1 saturated heterocycles. The number of hydrogen-bond acceptors (Lipinski definition) is 2. The van der Waals surface area contributed by atoms with E-state index in [2.05, 4.69) is 5.32 Å². The first-order valence-corrected chi connectivity index (χ1v) is 8.34. The molecule has 0 bridgehead atoms. The molecule has 1 N–H and O–H groups in total. The fourth-order valence-electron chi connectivity index (χ4n) is 3.07. The molecule has 0 spiro atoms. The van der Waals surface area contributed by atoms with Gasteiger partial charge in [-0.3, -0.25) is 9.59 Å². The average Bonchev–Trinajstić information content (AvgIpc) is 2.59. The van der Waals surface area contributed by atoms with Crippen LogP contribution >= 0.6 is 0 Å². The van der Waals surface area contributed by atoms with Crippen LogP contribution in [0.2, 0.25) is 0 Å². The molecule has 0 aliphatic carbocycles. The average molecular weight is 322 g/mol. The van der Waals surface area contributed by atoms with E-state index in [4.69, 9.17) is 0 Å². The predicted molar refractivity (Wildman–Crippen MR) is 96.5 cm³/mol. The van der Waals surface area contributed by atoms with Crippen LogP contribution in [0.15, 0.2) is 42.5 Å². The number of carbonyl (C=O) groups is 2. The second-order valence-corrected chi connectivity index (χ2v) is 6.27. The van der Waals surface area contributed by atoms with Gasteiger partial charge in [-0.2, -0.15) is 0 Å². The molecular weight excluding hydrogens is 300 g/mol. The first kappa shape index (κ1) is 16.2. The van der Waals surface area contributed by atoms with Gasteiger partial charge in [0.2, 0.25) is 5.91 Å². The van der Waals surface area contributed by atoms with Crippen LogP contribution in [-0.2, 0) is 4.79 Å². The Morgan fingerprint density at radius 1 is 1.00 bits per heavy atom. The molecule has 0 aromatic heterocycles. The van der Waals surface area contributed by atoms with Crippen LogP contribution in [0.5, 0.6) is 0 Å². The lowest BCUT2D eigenvalue weighted by Crippen LogP contribution is -2.35. The summed E-state index contributed by atoms with van der Waals surface area (Å²) in [5, 5.41) is 2.98. The van der Waals surface area contributed by atoms with Gasteiger partial charge < -0.3 is 10.2 Å². The smallest absolute Gasteiger partial charge is 0.255 e. The lowest BCUT2D eigenvalue weighted by atomic mass is 10.1. The maximum atomic E-state index is 12.5.